The smallest absolute Gasteiger partial charge is 0.337 e. The van der Waals surface area contributed by atoms with Crippen molar-refractivity contribution in [2.75, 3.05) is 23.0 Å². The number of aromatic nitrogens is 2. The SMILES string of the molecule is COC(=O)c1ccc(-n2c(C)cc([C@@H]3[C@H](c4ccccn4)NC(=S)N3c3ccc(NS(C)(=O)=O)c(C)c3)c2C)cc1. The number of thiocarbonyl (C=S) groups is 1. The molecule has 1 aliphatic heterocycles. The Hall–Kier alpha value is -4.22. The predicted octanol–water partition coefficient (Wildman–Crippen LogP) is 5.13. The zero-order valence-electron chi connectivity index (χ0n) is 23.4. The topological polar surface area (TPSA) is 106 Å². The van der Waals surface area contributed by atoms with E-state index >= 15 is 0 Å². The summed E-state index contributed by atoms with van der Waals surface area (Å²) in [6, 6.07) is 20.3. The number of methoxy groups -OCH3 is 1. The van der Waals surface area contributed by atoms with Gasteiger partial charge in [-0.15, -0.1) is 0 Å². The Morgan fingerprint density at radius 2 is 1.73 bits per heavy atom. The van der Waals surface area contributed by atoms with Crippen LogP contribution < -0.4 is 14.9 Å². The maximum Gasteiger partial charge on any atom is 0.337 e. The minimum absolute atomic E-state index is 0.242. The van der Waals surface area contributed by atoms with Gasteiger partial charge in [-0.1, -0.05) is 6.07 Å². The molecule has 0 spiro atoms. The quantitative estimate of drug-likeness (QED) is 0.226. The second-order valence-corrected chi connectivity index (χ2v) is 12.2. The van der Waals surface area contributed by atoms with Gasteiger partial charge in [-0.25, -0.2) is 13.2 Å². The van der Waals surface area contributed by atoms with Crippen molar-refractivity contribution in [3.63, 3.8) is 0 Å². The van der Waals surface area contributed by atoms with Gasteiger partial charge in [-0.3, -0.25) is 9.71 Å². The number of rotatable bonds is 7. The van der Waals surface area contributed by atoms with Crippen molar-refractivity contribution in [2.45, 2.75) is 32.9 Å². The number of ether oxygens (including phenoxy) is 1. The van der Waals surface area contributed by atoms with Crippen molar-refractivity contribution >= 4 is 44.7 Å². The van der Waals surface area contributed by atoms with Gasteiger partial charge in [0.1, 0.15) is 0 Å². The van der Waals surface area contributed by atoms with Crippen LogP contribution in [0.15, 0.2) is 72.9 Å². The summed E-state index contributed by atoms with van der Waals surface area (Å²) in [6.07, 6.45) is 2.90. The molecule has 5 rings (SSSR count). The highest BCUT2D eigenvalue weighted by Crippen LogP contribution is 2.44. The van der Waals surface area contributed by atoms with Crippen LogP contribution in [0.1, 0.15) is 50.7 Å². The Balaban J connectivity index is 1.62. The van der Waals surface area contributed by atoms with E-state index in [1.165, 1.54) is 7.11 Å². The number of nitrogens with one attached hydrogen (secondary N) is 2. The van der Waals surface area contributed by atoms with Crippen LogP contribution >= 0.6 is 12.2 Å². The van der Waals surface area contributed by atoms with Crippen LogP contribution in [0.3, 0.4) is 0 Å². The third-order valence-electron chi connectivity index (χ3n) is 7.22. The first kappa shape index (κ1) is 28.3. The van der Waals surface area contributed by atoms with Crippen LogP contribution in [-0.4, -0.2) is 42.4 Å². The van der Waals surface area contributed by atoms with E-state index in [2.05, 4.69) is 37.5 Å². The zero-order valence-corrected chi connectivity index (χ0v) is 25.0. The molecule has 0 aliphatic carbocycles. The van der Waals surface area contributed by atoms with E-state index in [-0.39, 0.29) is 18.1 Å². The number of hydrogen-bond acceptors (Lipinski definition) is 6. The zero-order chi connectivity index (χ0) is 29.5. The van der Waals surface area contributed by atoms with Crippen molar-refractivity contribution in [2.24, 2.45) is 0 Å². The Bertz CT molecular complexity index is 1730. The Kier molecular flexibility index (Phi) is 7.58. The number of sulfonamides is 1. The van der Waals surface area contributed by atoms with Crippen LogP contribution in [0.5, 0.6) is 0 Å². The molecule has 2 aromatic carbocycles. The molecule has 4 aromatic rings. The van der Waals surface area contributed by atoms with E-state index in [1.807, 2.05) is 56.3 Å². The highest BCUT2D eigenvalue weighted by atomic mass is 32.2. The maximum absolute atomic E-state index is 12.0. The molecule has 9 nitrogen and oxygen atoms in total. The normalized spacial score (nSPS) is 16.9. The molecule has 1 aliphatic rings. The molecule has 11 heteroatoms. The van der Waals surface area contributed by atoms with Gasteiger partial charge in [0.15, 0.2) is 5.11 Å². The first-order valence-corrected chi connectivity index (χ1v) is 15.2. The van der Waals surface area contributed by atoms with Crippen molar-refractivity contribution in [3.05, 3.63) is 107 Å². The van der Waals surface area contributed by atoms with Gasteiger partial charge >= 0.3 is 5.97 Å². The molecule has 0 saturated carbocycles. The molecule has 212 valence electrons. The van der Waals surface area contributed by atoms with Gasteiger partial charge < -0.3 is 19.5 Å². The molecule has 0 bridgehead atoms. The average molecular weight is 590 g/mol. The highest BCUT2D eigenvalue weighted by Gasteiger charge is 2.42. The van der Waals surface area contributed by atoms with Crippen molar-refractivity contribution in [1.82, 2.24) is 14.9 Å². The summed E-state index contributed by atoms with van der Waals surface area (Å²) in [6.45, 7) is 5.97. The first-order chi connectivity index (χ1) is 19.5. The van der Waals surface area contributed by atoms with Gasteiger partial charge in [0.25, 0.3) is 0 Å². The summed E-state index contributed by atoms with van der Waals surface area (Å²) < 4.78 is 33.3. The van der Waals surface area contributed by atoms with Gasteiger partial charge in [0.2, 0.25) is 10.0 Å². The first-order valence-electron chi connectivity index (χ1n) is 12.9. The molecule has 3 heterocycles. The van der Waals surface area contributed by atoms with E-state index in [4.69, 9.17) is 17.0 Å². The van der Waals surface area contributed by atoms with Crippen LogP contribution in [0.4, 0.5) is 11.4 Å². The van der Waals surface area contributed by atoms with Crippen LogP contribution in [0, 0.1) is 20.8 Å². The van der Waals surface area contributed by atoms with Gasteiger partial charge in [-0.05, 0) is 105 Å². The lowest BCUT2D eigenvalue weighted by atomic mass is 9.96. The number of pyridine rings is 1. The minimum atomic E-state index is -3.42. The number of nitrogens with zero attached hydrogens (tertiary/aromatic N) is 3. The van der Waals surface area contributed by atoms with E-state index in [0.29, 0.717) is 16.4 Å². The van der Waals surface area contributed by atoms with Crippen LogP contribution in [-0.2, 0) is 14.8 Å². The van der Waals surface area contributed by atoms with Gasteiger partial charge in [0, 0.05) is 29.0 Å². The van der Waals surface area contributed by atoms with Crippen LogP contribution in [0.25, 0.3) is 5.69 Å². The molecular weight excluding hydrogens is 558 g/mol. The molecule has 0 radical (unpaired) electrons. The number of anilines is 2. The van der Waals surface area contributed by atoms with E-state index in [1.54, 1.807) is 24.4 Å². The molecule has 41 heavy (non-hydrogen) atoms. The molecular formula is C30H31N5O4S2. The summed E-state index contributed by atoms with van der Waals surface area (Å²) in [5.41, 5.74) is 7.45. The molecule has 0 amide bonds. The van der Waals surface area contributed by atoms with Crippen LogP contribution in [0.2, 0.25) is 0 Å². The largest absolute Gasteiger partial charge is 0.465 e. The Morgan fingerprint density at radius 3 is 2.34 bits per heavy atom. The van der Waals surface area contributed by atoms with Gasteiger partial charge in [-0.2, -0.15) is 0 Å². The fourth-order valence-electron chi connectivity index (χ4n) is 5.41. The lowest BCUT2D eigenvalue weighted by molar-refractivity contribution is 0.0600. The number of esters is 1. The standard InChI is InChI=1S/C30H31N5O4S2/c1-18-16-23(13-14-25(18)33-41(5,37)38)35-28(27(32-30(35)40)26-8-6-7-15-31-26)24-17-19(2)34(20(24)3)22-11-9-21(10-12-22)29(36)39-4/h6-17,27-28,33H,1-5H3,(H,32,40)/t27-,28+/m0/s1. The van der Waals surface area contributed by atoms with E-state index in [0.717, 1.165) is 45.8 Å². The number of carbonyl (C=O) groups is 1. The molecule has 1 saturated heterocycles. The molecule has 2 atom stereocenters. The fraction of sp³-hybridized carbons (Fsp3) is 0.233. The number of aryl methyl sites for hydroxylation is 2. The van der Waals surface area contributed by atoms with Crippen molar-refractivity contribution in [3.8, 4) is 5.69 Å². The molecule has 1 fully saturated rings. The summed E-state index contributed by atoms with van der Waals surface area (Å²) in [5, 5.41) is 4.03. The fourth-order valence-corrected chi connectivity index (χ4v) is 6.38. The predicted molar refractivity (Wildman–Crippen MR) is 164 cm³/mol. The number of benzene rings is 2. The average Bonchev–Trinajstić information content (AvgIpc) is 3.44. The minimum Gasteiger partial charge on any atom is -0.465 e. The summed E-state index contributed by atoms with van der Waals surface area (Å²) in [4.78, 5) is 18.7. The monoisotopic (exact) mass is 589 g/mol. The number of carbonyl (C=O) groups excluding carboxylic acids is 1. The van der Waals surface area contributed by atoms with E-state index < -0.39 is 10.0 Å². The second-order valence-electron chi connectivity index (χ2n) is 10.1. The third-order valence-corrected chi connectivity index (χ3v) is 8.12. The van der Waals surface area contributed by atoms with Crippen molar-refractivity contribution < 1.29 is 17.9 Å². The van der Waals surface area contributed by atoms with Crippen molar-refractivity contribution in [1.29, 1.82) is 0 Å². The highest BCUT2D eigenvalue weighted by molar-refractivity contribution is 7.92. The summed E-state index contributed by atoms with van der Waals surface area (Å²) >= 11 is 5.89. The van der Waals surface area contributed by atoms with E-state index in [9.17, 15) is 13.2 Å². The maximum atomic E-state index is 12.0. The second kappa shape index (κ2) is 11.0. The molecule has 2 aromatic heterocycles. The number of hydrogen-bond donors (Lipinski definition) is 2. The summed E-state index contributed by atoms with van der Waals surface area (Å²) in [7, 11) is -2.06. The summed E-state index contributed by atoms with van der Waals surface area (Å²) in [5.74, 6) is -0.384. The third kappa shape index (κ3) is 5.55. The lowest BCUT2D eigenvalue weighted by Crippen LogP contribution is -2.29. The molecule has 0 unspecified atom stereocenters. The lowest BCUT2D eigenvalue weighted by Gasteiger charge is -2.29. The Labute approximate surface area is 245 Å². The Morgan fingerprint density at radius 1 is 1.02 bits per heavy atom. The molecule has 2 N–H and O–H groups in total. The van der Waals surface area contributed by atoms with Gasteiger partial charge in [0.05, 0.1) is 42.4 Å².